The van der Waals surface area contributed by atoms with Gasteiger partial charge in [-0.15, -0.1) is 0 Å². The highest BCUT2D eigenvalue weighted by Crippen LogP contribution is 2.43. The van der Waals surface area contributed by atoms with Gasteiger partial charge in [0.15, 0.2) is 11.5 Å². The van der Waals surface area contributed by atoms with Gasteiger partial charge in [-0.2, -0.15) is 0 Å². The summed E-state index contributed by atoms with van der Waals surface area (Å²) in [6.45, 7) is 1.31. The first-order valence-corrected chi connectivity index (χ1v) is 10.7. The zero-order valence-corrected chi connectivity index (χ0v) is 17.7. The van der Waals surface area contributed by atoms with E-state index in [0.29, 0.717) is 47.4 Å². The maximum atomic E-state index is 11.7. The molecular formula is C21H24ClN7O2. The van der Waals surface area contributed by atoms with Crippen LogP contribution in [-0.2, 0) is 11.3 Å². The van der Waals surface area contributed by atoms with E-state index in [-0.39, 0.29) is 6.54 Å². The van der Waals surface area contributed by atoms with Gasteiger partial charge in [0.05, 0.1) is 12.9 Å². The number of nitrogens with two attached hydrogens (primary N) is 2. The zero-order chi connectivity index (χ0) is 21.8. The highest BCUT2D eigenvalue weighted by atomic mass is 35.5. The Labute approximate surface area is 184 Å². The predicted molar refractivity (Wildman–Crippen MR) is 118 cm³/mol. The van der Waals surface area contributed by atoms with Crippen LogP contribution in [-0.4, -0.2) is 49.2 Å². The number of hydrogen-bond acceptors (Lipinski definition) is 7. The van der Waals surface area contributed by atoms with Crippen molar-refractivity contribution in [2.45, 2.75) is 43.7 Å². The van der Waals surface area contributed by atoms with E-state index in [1.54, 1.807) is 6.33 Å². The number of rotatable bonds is 5. The number of carboxylic acid groups (broad SMARTS) is 1. The molecule has 2 fully saturated rings. The topological polar surface area (TPSA) is 136 Å². The number of halogens is 1. The zero-order valence-electron chi connectivity index (χ0n) is 17.0. The summed E-state index contributed by atoms with van der Waals surface area (Å²) in [6.07, 6.45) is 6.95. The maximum absolute atomic E-state index is 11.7. The number of nitrogen functional groups attached to an aromatic ring is 1. The molecule has 1 aromatic carbocycles. The minimum atomic E-state index is -1.26. The normalized spacial score (nSPS) is 21.5. The van der Waals surface area contributed by atoms with Crippen molar-refractivity contribution in [2.24, 2.45) is 5.73 Å². The lowest BCUT2D eigenvalue weighted by molar-refractivity contribution is -0.142. The molecule has 5 rings (SSSR count). The molecule has 1 aliphatic heterocycles. The van der Waals surface area contributed by atoms with E-state index >= 15 is 0 Å². The fraction of sp³-hybridized carbons (Fsp3) is 0.429. The van der Waals surface area contributed by atoms with Crippen molar-refractivity contribution < 1.29 is 9.90 Å². The van der Waals surface area contributed by atoms with Crippen molar-refractivity contribution in [3.63, 3.8) is 0 Å². The van der Waals surface area contributed by atoms with E-state index in [4.69, 9.17) is 23.1 Å². The number of carboxylic acids is 1. The lowest BCUT2D eigenvalue weighted by Gasteiger charge is -2.32. The third-order valence-corrected chi connectivity index (χ3v) is 6.81. The van der Waals surface area contributed by atoms with Gasteiger partial charge in [-0.05, 0) is 48.4 Å². The molecule has 1 aliphatic carbocycles. The molecule has 5 N–H and O–H groups in total. The highest BCUT2D eigenvalue weighted by molar-refractivity contribution is 6.31. The number of imidazole rings is 1. The Morgan fingerprint density at radius 2 is 2.10 bits per heavy atom. The van der Waals surface area contributed by atoms with Crippen molar-refractivity contribution in [1.29, 1.82) is 0 Å². The third-order valence-electron chi connectivity index (χ3n) is 6.60. The van der Waals surface area contributed by atoms with E-state index in [9.17, 15) is 9.90 Å². The first-order chi connectivity index (χ1) is 14.9. The fourth-order valence-electron chi connectivity index (χ4n) is 4.58. The van der Waals surface area contributed by atoms with Gasteiger partial charge in [0.1, 0.15) is 17.4 Å². The molecule has 1 saturated heterocycles. The van der Waals surface area contributed by atoms with Gasteiger partial charge in [-0.3, -0.25) is 4.79 Å². The Kier molecular flexibility index (Phi) is 4.75. The summed E-state index contributed by atoms with van der Waals surface area (Å²) in [5.41, 5.74) is 15.3. The summed E-state index contributed by atoms with van der Waals surface area (Å²) in [5, 5.41) is 10.2. The monoisotopic (exact) mass is 441 g/mol. The molecule has 9 nitrogen and oxygen atoms in total. The van der Waals surface area contributed by atoms with E-state index in [2.05, 4.69) is 15.0 Å². The Hall–Kier alpha value is -2.91. The smallest absolute Gasteiger partial charge is 0.325 e. The second-order valence-corrected chi connectivity index (χ2v) is 8.99. The summed E-state index contributed by atoms with van der Waals surface area (Å²) in [7, 11) is 0. The Morgan fingerprint density at radius 3 is 2.77 bits per heavy atom. The van der Waals surface area contributed by atoms with E-state index in [1.165, 1.54) is 18.3 Å². The van der Waals surface area contributed by atoms with Crippen molar-refractivity contribution in [2.75, 3.05) is 23.7 Å². The molecule has 0 radical (unpaired) electrons. The second-order valence-electron chi connectivity index (χ2n) is 8.56. The van der Waals surface area contributed by atoms with Crippen LogP contribution in [0, 0.1) is 0 Å². The number of fused-ring (bicyclic) bond motifs is 1. The molecule has 31 heavy (non-hydrogen) atoms. The van der Waals surface area contributed by atoms with Gasteiger partial charge in [-0.1, -0.05) is 18.0 Å². The molecule has 2 aliphatic rings. The van der Waals surface area contributed by atoms with Gasteiger partial charge in [0.25, 0.3) is 0 Å². The molecule has 0 spiro atoms. The quantitative estimate of drug-likeness (QED) is 0.548. The molecule has 3 aromatic rings. The van der Waals surface area contributed by atoms with Gasteiger partial charge in [-0.25, -0.2) is 15.0 Å². The Balaban J connectivity index is 1.61. The van der Waals surface area contributed by atoms with Crippen LogP contribution in [0.2, 0.25) is 5.02 Å². The summed E-state index contributed by atoms with van der Waals surface area (Å²) < 4.78 is 1.95. The van der Waals surface area contributed by atoms with E-state index in [0.717, 1.165) is 24.1 Å². The largest absolute Gasteiger partial charge is 0.480 e. The Bertz CT molecular complexity index is 1180. The standard InChI is InChI=1S/C21H24ClN7O2/c22-13-6-14(12-2-1-3-12)15(8-29-11-27-17-18(23)25-10-26-19(17)29)16(7-13)28-5-4-21(24,9-28)20(30)31/h6-7,10-12H,1-5,8-9,24H2,(H,30,31)(H2,23,25,26). The van der Waals surface area contributed by atoms with Crippen LogP contribution in [0.15, 0.2) is 24.8 Å². The minimum Gasteiger partial charge on any atom is -0.480 e. The fourth-order valence-corrected chi connectivity index (χ4v) is 4.80. The molecule has 1 atom stereocenters. The van der Waals surface area contributed by atoms with E-state index in [1.807, 2.05) is 21.6 Å². The summed E-state index contributed by atoms with van der Waals surface area (Å²) in [5.74, 6) is -0.203. The average molecular weight is 442 g/mol. The molecule has 10 heteroatoms. The van der Waals surface area contributed by atoms with Gasteiger partial charge in [0.2, 0.25) is 0 Å². The van der Waals surface area contributed by atoms with Crippen molar-refractivity contribution >= 4 is 40.2 Å². The molecular weight excluding hydrogens is 418 g/mol. The number of carbonyl (C=O) groups is 1. The Morgan fingerprint density at radius 1 is 1.29 bits per heavy atom. The lowest BCUT2D eigenvalue weighted by Crippen LogP contribution is -2.50. The van der Waals surface area contributed by atoms with Gasteiger partial charge < -0.3 is 26.0 Å². The number of anilines is 2. The molecule has 162 valence electrons. The van der Waals surface area contributed by atoms with Crippen LogP contribution >= 0.6 is 11.6 Å². The van der Waals surface area contributed by atoms with Crippen LogP contribution < -0.4 is 16.4 Å². The first-order valence-electron chi connectivity index (χ1n) is 10.4. The van der Waals surface area contributed by atoms with Gasteiger partial charge >= 0.3 is 5.97 Å². The number of aliphatic carboxylic acids is 1. The third kappa shape index (κ3) is 3.37. The molecule has 3 heterocycles. The molecule has 0 bridgehead atoms. The van der Waals surface area contributed by atoms with Crippen LogP contribution in [0.1, 0.15) is 42.7 Å². The van der Waals surface area contributed by atoms with Crippen LogP contribution in [0.5, 0.6) is 0 Å². The summed E-state index contributed by atoms with van der Waals surface area (Å²) in [4.78, 5) is 26.5. The SMILES string of the molecule is Nc1ncnc2c1ncn2Cc1c(C2CCC2)cc(Cl)cc1N1CCC(N)(C(=O)O)C1. The number of aromatic nitrogens is 4. The van der Waals surface area contributed by atoms with Crippen LogP contribution in [0.25, 0.3) is 11.2 Å². The molecule has 1 unspecified atom stereocenters. The minimum absolute atomic E-state index is 0.236. The number of hydrogen-bond donors (Lipinski definition) is 3. The maximum Gasteiger partial charge on any atom is 0.325 e. The van der Waals surface area contributed by atoms with E-state index < -0.39 is 11.5 Å². The summed E-state index contributed by atoms with van der Waals surface area (Å²) >= 11 is 6.53. The van der Waals surface area contributed by atoms with Crippen molar-refractivity contribution in [1.82, 2.24) is 19.5 Å². The number of benzene rings is 1. The van der Waals surface area contributed by atoms with Crippen molar-refractivity contribution in [3.05, 3.63) is 40.9 Å². The second kappa shape index (κ2) is 7.35. The summed E-state index contributed by atoms with van der Waals surface area (Å²) in [6, 6.07) is 3.95. The van der Waals surface area contributed by atoms with Gasteiger partial charge in [0, 0.05) is 23.8 Å². The molecule has 0 amide bonds. The van der Waals surface area contributed by atoms with Crippen molar-refractivity contribution in [3.8, 4) is 0 Å². The lowest BCUT2D eigenvalue weighted by atomic mass is 9.77. The predicted octanol–water partition coefficient (Wildman–Crippen LogP) is 2.37. The first kappa shape index (κ1) is 20.0. The molecule has 1 saturated carbocycles. The average Bonchev–Trinajstić information content (AvgIpc) is 3.28. The molecule has 2 aromatic heterocycles. The van der Waals surface area contributed by atoms with Crippen LogP contribution in [0.4, 0.5) is 11.5 Å². The highest BCUT2D eigenvalue weighted by Gasteiger charge is 2.42. The van der Waals surface area contributed by atoms with Crippen LogP contribution in [0.3, 0.4) is 0 Å². The number of nitrogens with zero attached hydrogens (tertiary/aromatic N) is 5.